The van der Waals surface area contributed by atoms with Crippen LogP contribution in [0, 0.1) is 0 Å². The molecule has 33 heavy (non-hydrogen) atoms. The third-order valence-corrected chi connectivity index (χ3v) is 5.98. The highest BCUT2D eigenvalue weighted by atomic mass is 16.5. The second-order valence-electron chi connectivity index (χ2n) is 8.23. The van der Waals surface area contributed by atoms with Gasteiger partial charge >= 0.3 is 5.69 Å². The highest BCUT2D eigenvalue weighted by Crippen LogP contribution is 2.22. The lowest BCUT2D eigenvalue weighted by Gasteiger charge is -2.35. The van der Waals surface area contributed by atoms with Gasteiger partial charge in [0, 0.05) is 46.8 Å². The Morgan fingerprint density at radius 2 is 1.76 bits per heavy atom. The Kier molecular flexibility index (Phi) is 6.82. The van der Waals surface area contributed by atoms with Crippen LogP contribution in [0.25, 0.3) is 11.2 Å². The SMILES string of the molecule is Cn1c(=O)c2c(nc(N3CCN(CCO)CC3)n2C[C@H](O)COc2ccccc2)n(C)c1=O. The van der Waals surface area contributed by atoms with Crippen LogP contribution in [-0.2, 0) is 20.6 Å². The predicted molar refractivity (Wildman–Crippen MR) is 124 cm³/mol. The number of aliphatic hydroxyl groups excluding tert-OH is 2. The van der Waals surface area contributed by atoms with Gasteiger partial charge in [-0.25, -0.2) is 4.79 Å². The molecule has 1 atom stereocenters. The molecule has 1 aliphatic heterocycles. The van der Waals surface area contributed by atoms with Crippen molar-refractivity contribution in [1.82, 2.24) is 23.6 Å². The number of hydrogen-bond acceptors (Lipinski definition) is 8. The molecule has 0 amide bonds. The molecule has 0 aliphatic carbocycles. The van der Waals surface area contributed by atoms with Crippen LogP contribution in [0.4, 0.5) is 5.95 Å². The smallest absolute Gasteiger partial charge is 0.332 e. The normalized spacial score (nSPS) is 15.8. The molecule has 1 aromatic carbocycles. The molecule has 0 radical (unpaired) electrons. The lowest BCUT2D eigenvalue weighted by Crippen LogP contribution is -2.48. The van der Waals surface area contributed by atoms with Gasteiger partial charge in [0.15, 0.2) is 11.2 Å². The van der Waals surface area contributed by atoms with E-state index >= 15 is 0 Å². The standard InChI is InChI=1S/C22H30N6O5/c1-24-19-18(20(31)25(2)22(24)32)28(14-16(30)15-33-17-6-4-3-5-7-17)21(23-19)27-10-8-26(9-11-27)12-13-29/h3-7,16,29-30H,8-15H2,1-2H3/t16-/m0/s1. The van der Waals surface area contributed by atoms with Crippen LogP contribution in [0.1, 0.15) is 0 Å². The highest BCUT2D eigenvalue weighted by Gasteiger charge is 2.26. The van der Waals surface area contributed by atoms with E-state index in [1.165, 1.54) is 11.6 Å². The molecule has 0 bridgehead atoms. The van der Waals surface area contributed by atoms with Crippen molar-refractivity contribution >= 4 is 17.1 Å². The molecule has 2 N–H and O–H groups in total. The molecule has 1 aliphatic rings. The van der Waals surface area contributed by atoms with Gasteiger partial charge in [-0.15, -0.1) is 0 Å². The predicted octanol–water partition coefficient (Wildman–Crippen LogP) is -1.01. The fourth-order valence-electron chi connectivity index (χ4n) is 4.13. The summed E-state index contributed by atoms with van der Waals surface area (Å²) in [6.07, 6.45) is -0.904. The second-order valence-corrected chi connectivity index (χ2v) is 8.23. The van der Waals surface area contributed by atoms with Crippen LogP contribution >= 0.6 is 0 Å². The van der Waals surface area contributed by atoms with Crippen LogP contribution in [0.3, 0.4) is 0 Å². The van der Waals surface area contributed by atoms with Crippen LogP contribution in [0.15, 0.2) is 39.9 Å². The summed E-state index contributed by atoms with van der Waals surface area (Å²) in [6.45, 7) is 3.60. The average molecular weight is 459 g/mol. The van der Waals surface area contributed by atoms with Crippen molar-refractivity contribution in [2.24, 2.45) is 14.1 Å². The van der Waals surface area contributed by atoms with Crippen LogP contribution < -0.4 is 20.9 Å². The number of ether oxygens (including phenoxy) is 1. The number of piperazine rings is 1. The number of anilines is 1. The van der Waals surface area contributed by atoms with E-state index in [2.05, 4.69) is 9.88 Å². The molecule has 0 saturated carbocycles. The molecule has 11 heteroatoms. The summed E-state index contributed by atoms with van der Waals surface area (Å²) >= 11 is 0. The van der Waals surface area contributed by atoms with Gasteiger partial charge in [-0.3, -0.25) is 18.8 Å². The monoisotopic (exact) mass is 458 g/mol. The van der Waals surface area contributed by atoms with Gasteiger partial charge in [-0.05, 0) is 12.1 Å². The van der Waals surface area contributed by atoms with E-state index in [9.17, 15) is 19.8 Å². The third-order valence-electron chi connectivity index (χ3n) is 5.98. The molecule has 1 saturated heterocycles. The highest BCUT2D eigenvalue weighted by molar-refractivity contribution is 5.74. The zero-order valence-corrected chi connectivity index (χ0v) is 18.9. The number of hydrogen-bond donors (Lipinski definition) is 2. The Labute approximate surface area is 190 Å². The molecular formula is C22H30N6O5. The first-order valence-corrected chi connectivity index (χ1v) is 11.0. The van der Waals surface area contributed by atoms with Crippen molar-refractivity contribution in [1.29, 1.82) is 0 Å². The minimum atomic E-state index is -0.904. The van der Waals surface area contributed by atoms with E-state index in [0.717, 1.165) is 17.7 Å². The van der Waals surface area contributed by atoms with Gasteiger partial charge in [-0.1, -0.05) is 18.2 Å². The number of rotatable bonds is 8. The van der Waals surface area contributed by atoms with Crippen molar-refractivity contribution < 1.29 is 14.9 Å². The Morgan fingerprint density at radius 3 is 2.42 bits per heavy atom. The molecule has 1 fully saturated rings. The zero-order valence-electron chi connectivity index (χ0n) is 18.9. The number of aromatic nitrogens is 4. The van der Waals surface area contributed by atoms with Crippen LogP contribution in [0.5, 0.6) is 5.75 Å². The number of benzene rings is 1. The summed E-state index contributed by atoms with van der Waals surface area (Å²) in [5, 5.41) is 20.0. The molecule has 178 valence electrons. The maximum Gasteiger partial charge on any atom is 0.332 e. The topological polar surface area (TPSA) is 118 Å². The zero-order chi connectivity index (χ0) is 23.5. The largest absolute Gasteiger partial charge is 0.491 e. The first kappa shape index (κ1) is 23.0. The van der Waals surface area contributed by atoms with Crippen molar-refractivity contribution in [3.63, 3.8) is 0 Å². The maximum atomic E-state index is 13.0. The molecule has 0 unspecified atom stereocenters. The molecule has 11 nitrogen and oxygen atoms in total. The van der Waals surface area contributed by atoms with E-state index in [4.69, 9.17) is 4.74 Å². The summed E-state index contributed by atoms with van der Waals surface area (Å²) in [4.78, 5) is 34.4. The molecule has 4 rings (SSSR count). The average Bonchev–Trinajstić information content (AvgIpc) is 3.20. The molecule has 3 aromatic rings. The maximum absolute atomic E-state index is 13.0. The minimum Gasteiger partial charge on any atom is -0.491 e. The summed E-state index contributed by atoms with van der Waals surface area (Å²) < 4.78 is 9.78. The quantitative estimate of drug-likeness (QED) is 0.441. The van der Waals surface area contributed by atoms with Gasteiger partial charge in [0.05, 0.1) is 13.2 Å². The van der Waals surface area contributed by atoms with Crippen molar-refractivity contribution in [3.05, 3.63) is 51.2 Å². The van der Waals surface area contributed by atoms with Crippen LogP contribution in [0.2, 0.25) is 0 Å². The number of nitrogens with zero attached hydrogens (tertiary/aromatic N) is 6. The summed E-state index contributed by atoms with van der Waals surface area (Å²) in [7, 11) is 3.02. The second kappa shape index (κ2) is 9.77. The van der Waals surface area contributed by atoms with Gasteiger partial charge in [-0.2, -0.15) is 4.98 Å². The van der Waals surface area contributed by atoms with Crippen molar-refractivity contribution in [2.75, 3.05) is 50.8 Å². The summed E-state index contributed by atoms with van der Waals surface area (Å²) in [5.74, 6) is 1.18. The molecule has 0 spiro atoms. The number of β-amino-alcohol motifs (C(OH)–C–C–N with tert-alkyl or cyclic N) is 1. The van der Waals surface area contributed by atoms with Crippen molar-refractivity contribution in [2.45, 2.75) is 12.6 Å². The number of aryl methyl sites for hydroxylation is 1. The Morgan fingerprint density at radius 1 is 1.06 bits per heavy atom. The third kappa shape index (κ3) is 4.65. The lowest BCUT2D eigenvalue weighted by atomic mass is 10.3. The first-order valence-electron chi connectivity index (χ1n) is 11.0. The van der Waals surface area contributed by atoms with E-state index in [1.807, 2.05) is 35.2 Å². The van der Waals surface area contributed by atoms with E-state index in [1.54, 1.807) is 11.6 Å². The minimum absolute atomic E-state index is 0.0412. The summed E-state index contributed by atoms with van der Waals surface area (Å²) in [5.41, 5.74) is -0.357. The van der Waals surface area contributed by atoms with Crippen molar-refractivity contribution in [3.8, 4) is 5.75 Å². The number of fused-ring (bicyclic) bond motifs is 1. The van der Waals surface area contributed by atoms with Crippen LogP contribution in [-0.4, -0.2) is 85.8 Å². The van der Waals surface area contributed by atoms with E-state index in [0.29, 0.717) is 31.3 Å². The lowest BCUT2D eigenvalue weighted by molar-refractivity contribution is 0.0934. The van der Waals surface area contributed by atoms with Gasteiger partial charge in [0.25, 0.3) is 5.56 Å². The molecular weight excluding hydrogens is 428 g/mol. The number of imidazole rings is 1. The Bertz CT molecular complexity index is 1210. The van der Waals surface area contributed by atoms with E-state index in [-0.39, 0.29) is 30.9 Å². The van der Waals surface area contributed by atoms with Gasteiger partial charge in [0.2, 0.25) is 5.95 Å². The van der Waals surface area contributed by atoms with E-state index < -0.39 is 17.4 Å². The Hall–Kier alpha value is -3.15. The molecule has 2 aromatic heterocycles. The molecule has 3 heterocycles. The van der Waals surface area contributed by atoms with Gasteiger partial charge in [0.1, 0.15) is 18.5 Å². The first-order chi connectivity index (χ1) is 15.9. The summed E-state index contributed by atoms with van der Waals surface area (Å²) in [6, 6.07) is 9.20. The number of aliphatic hydroxyl groups is 2. The Balaban J connectivity index is 1.67. The fraction of sp³-hybridized carbons (Fsp3) is 0.500. The fourth-order valence-corrected chi connectivity index (χ4v) is 4.13. The number of para-hydroxylation sites is 1. The van der Waals surface area contributed by atoms with Gasteiger partial charge < -0.3 is 24.4 Å².